The van der Waals surface area contributed by atoms with Crippen LogP contribution < -0.4 is 0 Å². The molecule has 0 radical (unpaired) electrons. The number of aliphatic hydroxyl groups is 1. The van der Waals surface area contributed by atoms with Gasteiger partial charge in [-0.15, -0.1) is 0 Å². The predicted octanol–water partition coefficient (Wildman–Crippen LogP) is 1.06. The van der Waals surface area contributed by atoms with Crippen LogP contribution in [0.5, 0.6) is 0 Å². The molecule has 0 fully saturated rings. The minimum atomic E-state index is -0.526. The van der Waals surface area contributed by atoms with E-state index in [1.54, 1.807) is 0 Å². The summed E-state index contributed by atoms with van der Waals surface area (Å²) in [6, 6.07) is 0. The van der Waals surface area contributed by atoms with E-state index < -0.39 is 6.10 Å². The number of Topliss-reactive ketones (excluding diaryl/α,β-unsaturated/α-hetero) is 1. The van der Waals surface area contributed by atoms with Crippen molar-refractivity contribution in [2.24, 2.45) is 5.41 Å². The molecule has 0 aromatic rings. The molecule has 0 bridgehead atoms. The lowest BCUT2D eigenvalue weighted by Gasteiger charge is -2.27. The van der Waals surface area contributed by atoms with Gasteiger partial charge in [0.15, 0.2) is 0 Å². The number of hydrogen-bond acceptors (Lipinski definition) is 2. The van der Waals surface area contributed by atoms with Gasteiger partial charge in [0.05, 0.1) is 21.1 Å². The first-order chi connectivity index (χ1) is 6.02. The summed E-state index contributed by atoms with van der Waals surface area (Å²) in [6.07, 6.45) is -0.263. The highest BCUT2D eigenvalue weighted by Crippen LogP contribution is 2.18. The van der Waals surface area contributed by atoms with Gasteiger partial charge in [0.2, 0.25) is 0 Å². The van der Waals surface area contributed by atoms with Gasteiger partial charge in [-0.3, -0.25) is 4.79 Å². The normalized spacial score (nSPS) is 15.4. The highest BCUT2D eigenvalue weighted by Gasteiger charge is 2.26. The summed E-state index contributed by atoms with van der Waals surface area (Å²) in [6.45, 7) is 6.26. The number of aliphatic hydroxyl groups excluding tert-OH is 1. The molecule has 0 rings (SSSR count). The lowest BCUT2D eigenvalue weighted by Crippen LogP contribution is -2.42. The van der Waals surface area contributed by atoms with Crippen LogP contribution in [0.1, 0.15) is 27.2 Å². The fourth-order valence-corrected chi connectivity index (χ4v) is 1.22. The molecule has 3 nitrogen and oxygen atoms in total. The Balaban J connectivity index is 4.09. The second-order valence-corrected chi connectivity index (χ2v) is 6.00. The smallest absolute Gasteiger partial charge is 0.141 e. The maximum absolute atomic E-state index is 11.6. The van der Waals surface area contributed by atoms with Gasteiger partial charge in [-0.2, -0.15) is 0 Å². The minimum Gasteiger partial charge on any atom is -0.387 e. The molecule has 0 aliphatic carbocycles. The van der Waals surface area contributed by atoms with Crippen LogP contribution in [0.2, 0.25) is 0 Å². The molecule has 0 amide bonds. The summed E-state index contributed by atoms with van der Waals surface area (Å²) in [5.74, 6) is 0.124. The fourth-order valence-electron chi connectivity index (χ4n) is 1.22. The molecule has 14 heavy (non-hydrogen) atoms. The maximum atomic E-state index is 11.6. The van der Waals surface area contributed by atoms with Crippen LogP contribution in [0.4, 0.5) is 0 Å². The van der Waals surface area contributed by atoms with Crippen LogP contribution in [0.25, 0.3) is 0 Å². The van der Waals surface area contributed by atoms with Crippen molar-refractivity contribution in [2.45, 2.75) is 33.3 Å². The second-order valence-electron chi connectivity index (χ2n) is 6.00. The van der Waals surface area contributed by atoms with E-state index in [2.05, 4.69) is 0 Å². The van der Waals surface area contributed by atoms with Crippen LogP contribution in [0.3, 0.4) is 0 Å². The number of carbonyl (C=O) groups excluding carboxylic acids is 1. The van der Waals surface area contributed by atoms with Crippen LogP contribution in [0.15, 0.2) is 0 Å². The Morgan fingerprint density at radius 2 is 1.71 bits per heavy atom. The lowest BCUT2D eigenvalue weighted by atomic mass is 9.87. The largest absolute Gasteiger partial charge is 0.387 e. The summed E-state index contributed by atoms with van der Waals surface area (Å²) < 4.78 is 0.679. The third-order valence-electron chi connectivity index (χ3n) is 2.02. The van der Waals surface area contributed by atoms with E-state index in [0.29, 0.717) is 11.0 Å². The van der Waals surface area contributed by atoms with E-state index in [-0.39, 0.29) is 17.6 Å². The predicted molar refractivity (Wildman–Crippen MR) is 58.0 cm³/mol. The fraction of sp³-hybridized carbons (Fsp3) is 0.909. The van der Waals surface area contributed by atoms with Crippen molar-refractivity contribution in [1.82, 2.24) is 0 Å². The molecule has 0 spiro atoms. The number of hydrogen-bond donors (Lipinski definition) is 1. The molecule has 3 heteroatoms. The average molecular weight is 202 g/mol. The number of rotatable bonds is 4. The van der Waals surface area contributed by atoms with E-state index in [1.807, 2.05) is 41.9 Å². The average Bonchev–Trinajstić information content (AvgIpc) is 1.79. The summed E-state index contributed by atoms with van der Waals surface area (Å²) in [7, 11) is 6.01. The summed E-state index contributed by atoms with van der Waals surface area (Å²) in [5.41, 5.74) is -0.341. The van der Waals surface area contributed by atoms with Gasteiger partial charge < -0.3 is 9.59 Å². The van der Waals surface area contributed by atoms with E-state index in [9.17, 15) is 9.90 Å². The van der Waals surface area contributed by atoms with Crippen molar-refractivity contribution in [1.29, 1.82) is 0 Å². The minimum absolute atomic E-state index is 0.124. The highest BCUT2D eigenvalue weighted by molar-refractivity contribution is 5.84. The zero-order chi connectivity index (χ0) is 11.6. The standard InChI is InChI=1S/C11H24NO2/c1-11(2,3)10(14)7-9(13)8-12(4,5)6/h9,13H,7-8H2,1-6H3/q+1/t9-/m1/s1. The molecule has 1 N–H and O–H groups in total. The van der Waals surface area contributed by atoms with Crippen LogP contribution >= 0.6 is 0 Å². The Hall–Kier alpha value is -0.410. The second kappa shape index (κ2) is 4.41. The lowest BCUT2D eigenvalue weighted by molar-refractivity contribution is -0.873. The number of nitrogens with zero attached hydrogens (tertiary/aromatic N) is 1. The zero-order valence-corrected chi connectivity index (χ0v) is 10.3. The summed E-state index contributed by atoms with van der Waals surface area (Å²) in [4.78, 5) is 11.6. The molecule has 0 aromatic carbocycles. The molecule has 1 atom stereocenters. The van der Waals surface area contributed by atoms with Crippen LogP contribution in [-0.2, 0) is 4.79 Å². The van der Waals surface area contributed by atoms with E-state index in [4.69, 9.17) is 0 Å². The molecule has 0 unspecified atom stereocenters. The Labute approximate surface area is 87.3 Å². The number of ketones is 1. The van der Waals surface area contributed by atoms with Gasteiger partial charge in [-0.1, -0.05) is 20.8 Å². The van der Waals surface area contributed by atoms with E-state index in [1.165, 1.54) is 0 Å². The molecular weight excluding hydrogens is 178 g/mol. The zero-order valence-electron chi connectivity index (χ0n) is 10.3. The van der Waals surface area contributed by atoms with Gasteiger partial charge in [0.25, 0.3) is 0 Å². The number of likely N-dealkylation sites (N-methyl/N-ethyl adjacent to an activating group) is 1. The Morgan fingerprint density at radius 3 is 2.00 bits per heavy atom. The SMILES string of the molecule is CC(C)(C)C(=O)C[C@@H](O)C[N+](C)(C)C. The van der Waals surface area contributed by atoms with Gasteiger partial charge in [0, 0.05) is 11.8 Å². The van der Waals surface area contributed by atoms with E-state index >= 15 is 0 Å². The number of carbonyl (C=O) groups is 1. The van der Waals surface area contributed by atoms with Gasteiger partial charge in [0.1, 0.15) is 18.4 Å². The molecule has 0 aliphatic rings. The van der Waals surface area contributed by atoms with Gasteiger partial charge in [-0.25, -0.2) is 0 Å². The first-order valence-electron chi connectivity index (χ1n) is 5.04. The van der Waals surface area contributed by atoms with Crippen molar-refractivity contribution in [2.75, 3.05) is 27.7 Å². The molecule has 0 saturated carbocycles. The van der Waals surface area contributed by atoms with Gasteiger partial charge >= 0.3 is 0 Å². The first kappa shape index (κ1) is 13.6. The van der Waals surface area contributed by atoms with Crippen molar-refractivity contribution >= 4 is 5.78 Å². The Kier molecular flexibility index (Phi) is 4.28. The van der Waals surface area contributed by atoms with Gasteiger partial charge in [-0.05, 0) is 0 Å². The third kappa shape index (κ3) is 6.11. The molecular formula is C11H24NO2+. The highest BCUT2D eigenvalue weighted by atomic mass is 16.3. The quantitative estimate of drug-likeness (QED) is 0.692. The van der Waals surface area contributed by atoms with Crippen molar-refractivity contribution in [3.8, 4) is 0 Å². The van der Waals surface area contributed by atoms with Crippen LogP contribution in [0, 0.1) is 5.41 Å². The summed E-state index contributed by atoms with van der Waals surface area (Å²) >= 11 is 0. The third-order valence-corrected chi connectivity index (χ3v) is 2.02. The monoisotopic (exact) mass is 202 g/mol. The molecule has 0 heterocycles. The Morgan fingerprint density at radius 1 is 1.29 bits per heavy atom. The van der Waals surface area contributed by atoms with Crippen LogP contribution in [-0.4, -0.2) is 49.2 Å². The van der Waals surface area contributed by atoms with Crippen molar-refractivity contribution in [3.63, 3.8) is 0 Å². The Bertz CT molecular complexity index is 198. The number of quaternary nitrogens is 1. The maximum Gasteiger partial charge on any atom is 0.141 e. The molecule has 0 aromatic heterocycles. The van der Waals surface area contributed by atoms with Crippen molar-refractivity contribution < 1.29 is 14.4 Å². The first-order valence-corrected chi connectivity index (χ1v) is 5.04. The van der Waals surface area contributed by atoms with Crippen molar-refractivity contribution in [3.05, 3.63) is 0 Å². The topological polar surface area (TPSA) is 37.3 Å². The molecule has 0 saturated heterocycles. The molecule has 0 aliphatic heterocycles. The molecule has 84 valence electrons. The summed E-state index contributed by atoms with van der Waals surface area (Å²) in [5, 5.41) is 9.68. The van der Waals surface area contributed by atoms with E-state index in [0.717, 1.165) is 0 Å².